The van der Waals surface area contributed by atoms with E-state index in [9.17, 15) is 18.3 Å². The van der Waals surface area contributed by atoms with Crippen molar-refractivity contribution in [3.8, 4) is 5.75 Å². The summed E-state index contributed by atoms with van der Waals surface area (Å²) >= 11 is 0. The minimum atomic E-state index is -4.68. The lowest BCUT2D eigenvalue weighted by atomic mass is 10.1. The first-order chi connectivity index (χ1) is 9.67. The molecule has 1 rings (SSSR count). The molecule has 7 heteroatoms. The molecule has 0 spiro atoms. The Morgan fingerprint density at radius 2 is 1.81 bits per heavy atom. The van der Waals surface area contributed by atoms with Gasteiger partial charge in [-0.3, -0.25) is 0 Å². The molecule has 4 nitrogen and oxygen atoms in total. The van der Waals surface area contributed by atoms with Crippen LogP contribution in [0.15, 0.2) is 24.3 Å². The van der Waals surface area contributed by atoms with E-state index in [1.165, 1.54) is 12.1 Å². The molecule has 2 N–H and O–H groups in total. The summed E-state index contributed by atoms with van der Waals surface area (Å²) in [4.78, 5) is 1.88. The number of aliphatic hydroxyl groups excluding tert-OH is 1. The Labute approximate surface area is 122 Å². The van der Waals surface area contributed by atoms with Crippen LogP contribution in [0.25, 0.3) is 0 Å². The smallest absolute Gasteiger partial charge is 0.406 e. The predicted molar refractivity (Wildman–Crippen MR) is 74.1 cm³/mol. The first-order valence-corrected chi connectivity index (χ1v) is 6.59. The van der Waals surface area contributed by atoms with Gasteiger partial charge in [0.2, 0.25) is 0 Å². The maximum Gasteiger partial charge on any atom is 0.573 e. The molecule has 0 saturated heterocycles. The lowest BCUT2D eigenvalue weighted by molar-refractivity contribution is -0.274. The van der Waals surface area contributed by atoms with Crippen molar-refractivity contribution >= 4 is 0 Å². The summed E-state index contributed by atoms with van der Waals surface area (Å²) in [6.45, 7) is 2.82. The number of nitrogens with one attached hydrogen (secondary N) is 1. The summed E-state index contributed by atoms with van der Waals surface area (Å²) < 4.78 is 40.0. The molecule has 2 unspecified atom stereocenters. The lowest BCUT2D eigenvalue weighted by Crippen LogP contribution is -2.36. The first-order valence-electron chi connectivity index (χ1n) is 6.59. The van der Waals surface area contributed by atoms with Crippen LogP contribution in [0.1, 0.15) is 18.5 Å². The van der Waals surface area contributed by atoms with Gasteiger partial charge in [0.05, 0.1) is 6.10 Å². The van der Waals surface area contributed by atoms with Gasteiger partial charge in [0.25, 0.3) is 0 Å². The van der Waals surface area contributed by atoms with Gasteiger partial charge in [-0.25, -0.2) is 0 Å². The Balaban J connectivity index is 2.49. The Kier molecular flexibility index (Phi) is 6.44. The van der Waals surface area contributed by atoms with Gasteiger partial charge >= 0.3 is 6.36 Å². The summed E-state index contributed by atoms with van der Waals surface area (Å²) in [5.41, 5.74) is 0.821. The molecule has 1 aromatic carbocycles. The largest absolute Gasteiger partial charge is 0.573 e. The first kappa shape index (κ1) is 17.7. The maximum absolute atomic E-state index is 12.0. The molecule has 0 bridgehead atoms. The molecule has 1 aromatic rings. The number of hydrogen-bond donors (Lipinski definition) is 2. The van der Waals surface area contributed by atoms with E-state index in [1.807, 2.05) is 25.9 Å². The number of nitrogens with zero attached hydrogens (tertiary/aromatic N) is 1. The number of hydrogen-bond acceptors (Lipinski definition) is 4. The average molecular weight is 306 g/mol. The molecule has 2 atom stereocenters. The molecule has 0 amide bonds. The second kappa shape index (κ2) is 7.63. The van der Waals surface area contributed by atoms with Crippen molar-refractivity contribution < 1.29 is 23.0 Å². The summed E-state index contributed by atoms with van der Waals surface area (Å²) in [6.07, 6.45) is -5.18. The van der Waals surface area contributed by atoms with Gasteiger partial charge in [-0.05, 0) is 38.7 Å². The lowest BCUT2D eigenvalue weighted by Gasteiger charge is -2.20. The van der Waals surface area contributed by atoms with Crippen molar-refractivity contribution in [1.82, 2.24) is 10.2 Å². The number of aliphatic hydroxyl groups is 1. The van der Waals surface area contributed by atoms with Crippen LogP contribution in [0, 0.1) is 0 Å². The van der Waals surface area contributed by atoms with Crippen molar-refractivity contribution in [2.24, 2.45) is 0 Å². The van der Waals surface area contributed by atoms with E-state index in [0.717, 1.165) is 5.56 Å². The van der Waals surface area contributed by atoms with Crippen LogP contribution in [-0.4, -0.2) is 49.7 Å². The van der Waals surface area contributed by atoms with Crippen LogP contribution in [-0.2, 0) is 0 Å². The van der Waals surface area contributed by atoms with Gasteiger partial charge in [-0.2, -0.15) is 0 Å². The Morgan fingerprint density at radius 1 is 1.24 bits per heavy atom. The van der Waals surface area contributed by atoms with Crippen LogP contribution in [0.2, 0.25) is 0 Å². The molecule has 0 fully saturated rings. The molecule has 0 aromatic heterocycles. The van der Waals surface area contributed by atoms with Crippen LogP contribution in [0.3, 0.4) is 0 Å². The zero-order valence-electron chi connectivity index (χ0n) is 12.3. The standard InChI is InChI=1S/C14H21F3N2O2/c1-10(18-8-12(20)9-19(2)3)11-4-6-13(7-5-11)21-14(15,16)17/h4-7,10,12,18,20H,8-9H2,1-3H3. The highest BCUT2D eigenvalue weighted by Crippen LogP contribution is 2.24. The molecule has 0 heterocycles. The fourth-order valence-electron chi connectivity index (χ4n) is 1.87. The Bertz CT molecular complexity index is 421. The SMILES string of the molecule is CC(NCC(O)CN(C)C)c1ccc(OC(F)(F)F)cc1. The van der Waals surface area contributed by atoms with E-state index in [4.69, 9.17) is 0 Å². The highest BCUT2D eigenvalue weighted by Gasteiger charge is 2.31. The minimum absolute atomic E-state index is 0.0817. The van der Waals surface area contributed by atoms with Crippen molar-refractivity contribution in [2.45, 2.75) is 25.4 Å². The van der Waals surface area contributed by atoms with Gasteiger partial charge in [0, 0.05) is 19.1 Å². The van der Waals surface area contributed by atoms with Crippen LogP contribution < -0.4 is 10.1 Å². The fourth-order valence-corrected chi connectivity index (χ4v) is 1.87. The summed E-state index contributed by atoms with van der Waals surface area (Å²) in [5, 5.41) is 12.9. The van der Waals surface area contributed by atoms with Crippen molar-refractivity contribution in [2.75, 3.05) is 27.2 Å². The van der Waals surface area contributed by atoms with E-state index in [0.29, 0.717) is 13.1 Å². The van der Waals surface area contributed by atoms with Crippen molar-refractivity contribution in [3.05, 3.63) is 29.8 Å². The number of benzene rings is 1. The molecular formula is C14H21F3N2O2. The topological polar surface area (TPSA) is 44.7 Å². The minimum Gasteiger partial charge on any atom is -0.406 e. The highest BCUT2D eigenvalue weighted by molar-refractivity contribution is 5.29. The number of ether oxygens (including phenoxy) is 1. The van der Waals surface area contributed by atoms with Crippen molar-refractivity contribution in [3.63, 3.8) is 0 Å². The van der Waals surface area contributed by atoms with E-state index >= 15 is 0 Å². The average Bonchev–Trinajstić information content (AvgIpc) is 2.34. The quantitative estimate of drug-likeness (QED) is 0.810. The second-order valence-corrected chi connectivity index (χ2v) is 5.16. The predicted octanol–water partition coefficient (Wildman–Crippen LogP) is 2.16. The van der Waals surface area contributed by atoms with E-state index in [1.54, 1.807) is 12.1 Å². The molecule has 0 saturated carbocycles. The van der Waals surface area contributed by atoms with Gasteiger partial charge in [-0.15, -0.1) is 13.2 Å². The summed E-state index contributed by atoms with van der Waals surface area (Å²) in [6, 6.07) is 5.60. The van der Waals surface area contributed by atoms with Crippen LogP contribution in [0.4, 0.5) is 13.2 Å². The number of likely N-dealkylation sites (N-methyl/N-ethyl adjacent to an activating group) is 1. The number of halogens is 3. The van der Waals surface area contributed by atoms with Crippen LogP contribution >= 0.6 is 0 Å². The van der Waals surface area contributed by atoms with Gasteiger partial charge in [-0.1, -0.05) is 12.1 Å². The van der Waals surface area contributed by atoms with Crippen LogP contribution in [0.5, 0.6) is 5.75 Å². The summed E-state index contributed by atoms with van der Waals surface area (Å²) in [5.74, 6) is -0.244. The molecular weight excluding hydrogens is 285 g/mol. The van der Waals surface area contributed by atoms with E-state index < -0.39 is 12.5 Å². The van der Waals surface area contributed by atoms with Gasteiger partial charge < -0.3 is 20.1 Å². The molecule has 0 aliphatic rings. The maximum atomic E-state index is 12.0. The zero-order valence-corrected chi connectivity index (χ0v) is 12.3. The molecule has 120 valence electrons. The zero-order chi connectivity index (χ0) is 16.0. The third-order valence-electron chi connectivity index (χ3n) is 2.85. The number of rotatable bonds is 7. The van der Waals surface area contributed by atoms with Gasteiger partial charge in [0.15, 0.2) is 0 Å². The molecule has 0 radical (unpaired) electrons. The Morgan fingerprint density at radius 3 is 2.29 bits per heavy atom. The summed E-state index contributed by atoms with van der Waals surface area (Å²) in [7, 11) is 3.73. The highest BCUT2D eigenvalue weighted by atomic mass is 19.4. The van der Waals surface area contributed by atoms with E-state index in [-0.39, 0.29) is 11.8 Å². The normalized spacial score (nSPS) is 15.0. The Hall–Kier alpha value is -1.31. The second-order valence-electron chi connectivity index (χ2n) is 5.16. The van der Waals surface area contributed by atoms with Gasteiger partial charge in [0.1, 0.15) is 5.75 Å². The number of alkyl halides is 3. The van der Waals surface area contributed by atoms with Crippen molar-refractivity contribution in [1.29, 1.82) is 0 Å². The molecule has 0 aliphatic carbocycles. The molecule has 21 heavy (non-hydrogen) atoms. The third-order valence-corrected chi connectivity index (χ3v) is 2.85. The third kappa shape index (κ3) is 7.31. The van der Waals surface area contributed by atoms with E-state index in [2.05, 4.69) is 10.1 Å². The molecule has 0 aliphatic heterocycles. The fraction of sp³-hybridized carbons (Fsp3) is 0.571. The monoisotopic (exact) mass is 306 g/mol.